The molecule has 1 aromatic carbocycles. The van der Waals surface area contributed by atoms with E-state index in [0.717, 1.165) is 60.8 Å². The van der Waals surface area contributed by atoms with Gasteiger partial charge in [-0.2, -0.15) is 5.10 Å². The van der Waals surface area contributed by atoms with Gasteiger partial charge in [-0.15, -0.1) is 0 Å². The molecule has 0 saturated carbocycles. The summed E-state index contributed by atoms with van der Waals surface area (Å²) in [5, 5.41) is 4.00. The van der Waals surface area contributed by atoms with Crippen LogP contribution in [0.4, 0.5) is 5.82 Å². The van der Waals surface area contributed by atoms with Gasteiger partial charge in [-0.25, -0.2) is 10.4 Å². The number of hydrogen-bond donors (Lipinski definition) is 1. The van der Waals surface area contributed by atoms with E-state index in [4.69, 9.17) is 4.98 Å². The molecule has 1 amide bonds. The molecule has 1 saturated heterocycles. The van der Waals surface area contributed by atoms with Crippen molar-refractivity contribution in [2.75, 3.05) is 38.1 Å². The minimum Gasteiger partial charge on any atom is -0.354 e. The molecule has 0 unspecified atom stereocenters. The summed E-state index contributed by atoms with van der Waals surface area (Å²) >= 11 is 0. The normalized spacial score (nSPS) is 19.3. The number of nitrogens with one attached hydrogen (secondary N) is 1. The van der Waals surface area contributed by atoms with Crippen molar-refractivity contribution in [1.29, 1.82) is 0 Å². The van der Waals surface area contributed by atoms with Gasteiger partial charge < -0.3 is 9.80 Å². The van der Waals surface area contributed by atoms with E-state index in [2.05, 4.69) is 50.6 Å². The first-order valence-electron chi connectivity index (χ1n) is 9.94. The van der Waals surface area contributed by atoms with Crippen molar-refractivity contribution in [1.82, 2.24) is 20.3 Å². The van der Waals surface area contributed by atoms with Gasteiger partial charge in [-0.1, -0.05) is 12.1 Å². The predicted octanol–water partition coefficient (Wildman–Crippen LogP) is 2.48. The number of hydrogen-bond acceptors (Lipinski definition) is 6. The maximum atomic E-state index is 12.0. The number of aryl methyl sites for hydroxylation is 1. The molecule has 2 aliphatic heterocycles. The van der Waals surface area contributed by atoms with Gasteiger partial charge in [0.05, 0.1) is 29.4 Å². The van der Waals surface area contributed by atoms with Crippen LogP contribution in [0.2, 0.25) is 0 Å². The Morgan fingerprint density at radius 1 is 1.10 bits per heavy atom. The monoisotopic (exact) mass is 390 g/mol. The Hall–Kier alpha value is -3.06. The molecule has 1 N–H and O–H groups in total. The molecule has 2 aliphatic rings. The Bertz CT molecular complexity index is 997. The summed E-state index contributed by atoms with van der Waals surface area (Å²) in [5.74, 6) is 0.747. The van der Waals surface area contributed by atoms with Crippen LogP contribution in [0.25, 0.3) is 17.3 Å². The van der Waals surface area contributed by atoms with Crippen molar-refractivity contribution >= 4 is 23.5 Å². The molecule has 2 aromatic rings. The number of nitrogens with zero attached hydrogens (tertiary/aromatic N) is 5. The summed E-state index contributed by atoms with van der Waals surface area (Å²) in [6.45, 7) is 7.93. The highest BCUT2D eigenvalue weighted by molar-refractivity contribution is 6.26. The smallest absolute Gasteiger partial charge is 0.273 e. The van der Waals surface area contributed by atoms with Gasteiger partial charge in [0, 0.05) is 25.2 Å². The molecule has 1 aromatic heterocycles. The van der Waals surface area contributed by atoms with Crippen LogP contribution in [0.1, 0.15) is 24.5 Å². The van der Waals surface area contributed by atoms with Gasteiger partial charge in [0.15, 0.2) is 0 Å². The van der Waals surface area contributed by atoms with Crippen LogP contribution in [-0.4, -0.2) is 59.7 Å². The van der Waals surface area contributed by atoms with Crippen LogP contribution in [0.15, 0.2) is 41.3 Å². The fourth-order valence-corrected chi connectivity index (χ4v) is 3.62. The summed E-state index contributed by atoms with van der Waals surface area (Å²) in [5.41, 5.74) is 7.69. The van der Waals surface area contributed by atoms with E-state index in [1.807, 2.05) is 26.1 Å². The molecule has 3 heterocycles. The number of rotatable bonds is 3. The zero-order valence-electron chi connectivity index (χ0n) is 17.1. The van der Waals surface area contributed by atoms with Gasteiger partial charge in [-0.3, -0.25) is 9.78 Å². The minimum absolute atomic E-state index is 0.166. The number of hydrazone groups is 1. The molecule has 1 fully saturated rings. The first-order valence-corrected chi connectivity index (χ1v) is 9.94. The Balaban J connectivity index is 1.65. The first-order chi connectivity index (χ1) is 14.0. The van der Waals surface area contributed by atoms with E-state index >= 15 is 0 Å². The van der Waals surface area contributed by atoms with Crippen LogP contribution < -0.4 is 10.3 Å². The second-order valence-corrected chi connectivity index (χ2v) is 7.67. The van der Waals surface area contributed by atoms with Crippen molar-refractivity contribution in [2.24, 2.45) is 5.10 Å². The van der Waals surface area contributed by atoms with E-state index < -0.39 is 0 Å². The number of aromatic nitrogens is 2. The van der Waals surface area contributed by atoms with Crippen LogP contribution >= 0.6 is 0 Å². The summed E-state index contributed by atoms with van der Waals surface area (Å²) in [7, 11) is 2.16. The van der Waals surface area contributed by atoms with Crippen molar-refractivity contribution < 1.29 is 4.79 Å². The quantitative estimate of drug-likeness (QED) is 0.815. The summed E-state index contributed by atoms with van der Waals surface area (Å²) in [6, 6.07) is 6.17. The zero-order valence-corrected chi connectivity index (χ0v) is 17.1. The molecule has 7 nitrogen and oxygen atoms in total. The number of carbonyl (C=O) groups is 1. The highest BCUT2D eigenvalue weighted by Gasteiger charge is 2.19. The molecular formula is C22H26N6O. The largest absolute Gasteiger partial charge is 0.354 e. The van der Waals surface area contributed by atoms with E-state index in [1.165, 1.54) is 0 Å². The fourth-order valence-electron chi connectivity index (χ4n) is 3.62. The molecule has 0 bridgehead atoms. The Labute approximate surface area is 171 Å². The van der Waals surface area contributed by atoms with E-state index in [0.29, 0.717) is 11.3 Å². The lowest BCUT2D eigenvalue weighted by atomic mass is 10.00. The lowest BCUT2D eigenvalue weighted by Crippen LogP contribution is -2.29. The van der Waals surface area contributed by atoms with E-state index in [9.17, 15) is 4.79 Å². The molecule has 150 valence electrons. The molecule has 0 atom stereocenters. The highest BCUT2D eigenvalue weighted by Crippen LogP contribution is 2.25. The number of benzene rings is 1. The average Bonchev–Trinajstić information content (AvgIpc) is 2.91. The van der Waals surface area contributed by atoms with Crippen LogP contribution in [0.3, 0.4) is 0 Å². The van der Waals surface area contributed by atoms with Crippen molar-refractivity contribution in [3.8, 4) is 11.3 Å². The second-order valence-electron chi connectivity index (χ2n) is 7.67. The number of likely N-dealkylation sites (N-methyl/N-ethyl adjacent to an activating group) is 1. The molecule has 7 heteroatoms. The number of anilines is 1. The summed E-state index contributed by atoms with van der Waals surface area (Å²) in [6.07, 6.45) is 6.65. The van der Waals surface area contributed by atoms with E-state index in [1.54, 1.807) is 6.20 Å². The fraction of sp³-hybridized carbons (Fsp3) is 0.364. The Morgan fingerprint density at radius 2 is 1.97 bits per heavy atom. The zero-order chi connectivity index (χ0) is 20.4. The third kappa shape index (κ3) is 4.19. The Kier molecular flexibility index (Phi) is 5.40. The lowest BCUT2D eigenvalue weighted by molar-refractivity contribution is -0.116. The van der Waals surface area contributed by atoms with Gasteiger partial charge in [0.25, 0.3) is 5.91 Å². The SMILES string of the molecule is CC1=NNC(=O)/C1=C/c1cc(-c2cncc(N3CCCN(C)CC3)n2)ccc1C. The lowest BCUT2D eigenvalue weighted by Gasteiger charge is -2.21. The van der Waals surface area contributed by atoms with Crippen molar-refractivity contribution in [2.45, 2.75) is 20.3 Å². The highest BCUT2D eigenvalue weighted by atomic mass is 16.2. The summed E-state index contributed by atoms with van der Waals surface area (Å²) < 4.78 is 0. The molecule has 4 rings (SSSR count). The number of amides is 1. The molecular weight excluding hydrogens is 364 g/mol. The third-order valence-corrected chi connectivity index (χ3v) is 5.50. The van der Waals surface area contributed by atoms with Crippen LogP contribution in [0, 0.1) is 6.92 Å². The topological polar surface area (TPSA) is 73.7 Å². The Morgan fingerprint density at radius 3 is 2.76 bits per heavy atom. The average molecular weight is 390 g/mol. The third-order valence-electron chi connectivity index (χ3n) is 5.50. The van der Waals surface area contributed by atoms with Gasteiger partial charge in [0.1, 0.15) is 5.82 Å². The van der Waals surface area contributed by atoms with Gasteiger partial charge in [0.2, 0.25) is 0 Å². The second kappa shape index (κ2) is 8.13. The van der Waals surface area contributed by atoms with Gasteiger partial charge >= 0.3 is 0 Å². The predicted molar refractivity (Wildman–Crippen MR) is 116 cm³/mol. The molecule has 0 spiro atoms. The molecule has 29 heavy (non-hydrogen) atoms. The maximum absolute atomic E-state index is 12.0. The maximum Gasteiger partial charge on any atom is 0.273 e. The minimum atomic E-state index is -0.166. The van der Waals surface area contributed by atoms with E-state index in [-0.39, 0.29) is 5.91 Å². The summed E-state index contributed by atoms with van der Waals surface area (Å²) in [4.78, 5) is 26.0. The molecule has 0 aliphatic carbocycles. The van der Waals surface area contributed by atoms with Crippen molar-refractivity contribution in [3.05, 3.63) is 47.3 Å². The van der Waals surface area contributed by atoms with Crippen LogP contribution in [-0.2, 0) is 4.79 Å². The van der Waals surface area contributed by atoms with Crippen molar-refractivity contribution in [3.63, 3.8) is 0 Å². The standard InChI is InChI=1S/C22H26N6O/c1-15-5-6-17(11-18(15)12-19-16(2)25-26-22(19)29)20-13-23-14-21(24-20)28-8-4-7-27(3)9-10-28/h5-6,11-14H,4,7-10H2,1-3H3,(H,26,29)/b19-12+. The number of carbonyl (C=O) groups excluding carboxylic acids is 1. The first kappa shape index (κ1) is 19.3. The molecule has 0 radical (unpaired) electrons. The van der Waals surface area contributed by atoms with Crippen LogP contribution in [0.5, 0.6) is 0 Å². The van der Waals surface area contributed by atoms with Gasteiger partial charge in [-0.05, 0) is 57.1 Å².